The number of aliphatic carboxylic acids is 1. The van der Waals surface area contributed by atoms with Crippen LogP contribution in [0.25, 0.3) is 0 Å². The molecular formula is C19H25F2N3O4. The lowest BCUT2D eigenvalue weighted by Crippen LogP contribution is -2.57. The summed E-state index contributed by atoms with van der Waals surface area (Å²) in [5, 5.41) is 14.7. The molecule has 1 aromatic rings. The van der Waals surface area contributed by atoms with Crippen LogP contribution in [0.1, 0.15) is 37.9 Å². The van der Waals surface area contributed by atoms with Gasteiger partial charge in [-0.1, -0.05) is 13.0 Å². The largest absolute Gasteiger partial charge is 0.480 e. The maximum Gasteiger partial charge on any atom is 0.317 e. The zero-order valence-electron chi connectivity index (χ0n) is 15.7. The molecule has 0 bridgehead atoms. The van der Waals surface area contributed by atoms with Crippen molar-refractivity contribution in [3.05, 3.63) is 35.4 Å². The molecule has 28 heavy (non-hydrogen) atoms. The molecular weight excluding hydrogens is 372 g/mol. The summed E-state index contributed by atoms with van der Waals surface area (Å²) in [5.74, 6) is -2.73. The van der Waals surface area contributed by atoms with E-state index in [1.165, 1.54) is 6.07 Å². The molecule has 2 atom stereocenters. The van der Waals surface area contributed by atoms with Crippen molar-refractivity contribution < 1.29 is 28.2 Å². The third-order valence-corrected chi connectivity index (χ3v) is 5.39. The minimum Gasteiger partial charge on any atom is -0.480 e. The van der Waals surface area contributed by atoms with E-state index in [1.54, 1.807) is 0 Å². The number of carboxylic acid groups (broad SMARTS) is 1. The van der Waals surface area contributed by atoms with E-state index in [0.717, 1.165) is 12.1 Å². The lowest BCUT2D eigenvalue weighted by molar-refractivity contribution is -0.139. The van der Waals surface area contributed by atoms with E-state index < -0.39 is 23.7 Å². The number of carbonyl (C=O) groups is 2. The predicted molar refractivity (Wildman–Crippen MR) is 96.8 cm³/mol. The van der Waals surface area contributed by atoms with Gasteiger partial charge in [-0.25, -0.2) is 13.6 Å². The zero-order chi connectivity index (χ0) is 20.3. The van der Waals surface area contributed by atoms with E-state index in [1.807, 2.05) is 11.8 Å². The normalized spacial score (nSPS) is 26.7. The summed E-state index contributed by atoms with van der Waals surface area (Å²) in [6.07, 6.45) is 1.44. The first kappa shape index (κ1) is 20.5. The van der Waals surface area contributed by atoms with Crippen LogP contribution < -0.4 is 10.6 Å². The fourth-order valence-electron chi connectivity index (χ4n) is 3.83. The first-order valence-corrected chi connectivity index (χ1v) is 9.46. The van der Waals surface area contributed by atoms with Crippen molar-refractivity contribution in [1.82, 2.24) is 15.5 Å². The van der Waals surface area contributed by atoms with Crippen LogP contribution in [0.15, 0.2) is 18.2 Å². The van der Waals surface area contributed by atoms with E-state index in [0.29, 0.717) is 38.0 Å². The number of likely N-dealkylation sites (N-methyl/N-ethyl adjacent to an activating group) is 1. The summed E-state index contributed by atoms with van der Waals surface area (Å²) < 4.78 is 32.2. The van der Waals surface area contributed by atoms with Gasteiger partial charge in [0.05, 0.1) is 12.6 Å². The van der Waals surface area contributed by atoms with E-state index in [-0.39, 0.29) is 30.7 Å². The Morgan fingerprint density at radius 1 is 1.25 bits per heavy atom. The zero-order valence-corrected chi connectivity index (χ0v) is 15.7. The standard InChI is InChI=1S/C19H25F2N3O4/c1-2-24(10-17(25)26)13-8-12(9-13)22-19(27)23-16-5-6-28-18(16)11-3-4-14(20)15(21)7-11/h3-4,7,12-13,16,18H,2,5-6,8-10H2,1H3,(H,25,26)(H2,22,23,27). The fourth-order valence-corrected chi connectivity index (χ4v) is 3.83. The predicted octanol–water partition coefficient (Wildman–Crippen LogP) is 2.03. The maximum atomic E-state index is 13.5. The molecule has 2 unspecified atom stereocenters. The van der Waals surface area contributed by atoms with Crippen LogP contribution in [-0.4, -0.2) is 59.8 Å². The molecule has 1 aromatic carbocycles. The molecule has 154 valence electrons. The summed E-state index contributed by atoms with van der Waals surface area (Å²) >= 11 is 0. The van der Waals surface area contributed by atoms with Crippen molar-refractivity contribution in [3.63, 3.8) is 0 Å². The van der Waals surface area contributed by atoms with Gasteiger partial charge in [0, 0.05) is 18.7 Å². The van der Waals surface area contributed by atoms with E-state index in [9.17, 15) is 18.4 Å². The number of hydrogen-bond donors (Lipinski definition) is 3. The summed E-state index contributed by atoms with van der Waals surface area (Å²) in [6.45, 7) is 2.97. The monoisotopic (exact) mass is 397 g/mol. The Bertz CT molecular complexity index is 727. The Kier molecular flexibility index (Phi) is 6.46. The van der Waals surface area contributed by atoms with Gasteiger partial charge in [0.2, 0.25) is 0 Å². The van der Waals surface area contributed by atoms with E-state index >= 15 is 0 Å². The smallest absolute Gasteiger partial charge is 0.317 e. The summed E-state index contributed by atoms with van der Waals surface area (Å²) in [6, 6.07) is 3.06. The lowest BCUT2D eigenvalue weighted by atomic mass is 9.85. The molecule has 9 heteroatoms. The number of urea groups is 1. The molecule has 0 spiro atoms. The van der Waals surface area contributed by atoms with Gasteiger partial charge in [0.25, 0.3) is 0 Å². The van der Waals surface area contributed by atoms with Crippen LogP contribution in [0.3, 0.4) is 0 Å². The molecule has 2 amide bonds. The number of amides is 2. The van der Waals surface area contributed by atoms with E-state index in [2.05, 4.69) is 10.6 Å². The maximum absolute atomic E-state index is 13.5. The van der Waals surface area contributed by atoms with Gasteiger partial charge in [-0.05, 0) is 43.5 Å². The molecule has 1 aliphatic carbocycles. The Labute approximate surface area is 162 Å². The summed E-state index contributed by atoms with van der Waals surface area (Å²) in [5.41, 5.74) is 0.484. The number of hydrogen-bond acceptors (Lipinski definition) is 4. The van der Waals surface area contributed by atoms with Crippen molar-refractivity contribution in [2.45, 2.75) is 50.4 Å². The first-order valence-electron chi connectivity index (χ1n) is 9.46. The molecule has 2 fully saturated rings. The summed E-state index contributed by atoms with van der Waals surface area (Å²) in [4.78, 5) is 25.1. The average Bonchev–Trinajstić information content (AvgIpc) is 3.06. The minimum absolute atomic E-state index is 0.00456. The molecule has 3 rings (SSSR count). The Balaban J connectivity index is 1.48. The molecule has 7 nitrogen and oxygen atoms in total. The highest BCUT2D eigenvalue weighted by Gasteiger charge is 2.36. The van der Waals surface area contributed by atoms with Crippen LogP contribution in [0.5, 0.6) is 0 Å². The van der Waals surface area contributed by atoms with Crippen LogP contribution in [0.2, 0.25) is 0 Å². The third-order valence-electron chi connectivity index (χ3n) is 5.39. The minimum atomic E-state index is -0.946. The molecule has 2 aliphatic rings. The number of nitrogens with zero attached hydrogens (tertiary/aromatic N) is 1. The van der Waals surface area contributed by atoms with Crippen molar-refractivity contribution in [3.8, 4) is 0 Å². The molecule has 1 saturated carbocycles. The van der Waals surface area contributed by atoms with Crippen molar-refractivity contribution in [2.75, 3.05) is 19.7 Å². The topological polar surface area (TPSA) is 90.9 Å². The van der Waals surface area contributed by atoms with Gasteiger partial charge in [0.1, 0.15) is 6.10 Å². The highest BCUT2D eigenvalue weighted by atomic mass is 19.2. The number of carboxylic acids is 1. The third kappa shape index (κ3) is 4.77. The molecule has 1 heterocycles. The van der Waals surface area contributed by atoms with Gasteiger partial charge >= 0.3 is 12.0 Å². The number of rotatable bonds is 7. The SMILES string of the molecule is CCN(CC(=O)O)C1CC(NC(=O)NC2CCOC2c2ccc(F)c(F)c2)C1. The van der Waals surface area contributed by atoms with Gasteiger partial charge in [0.15, 0.2) is 11.6 Å². The number of nitrogens with one attached hydrogen (secondary N) is 2. The molecule has 0 radical (unpaired) electrons. The van der Waals surface area contributed by atoms with E-state index in [4.69, 9.17) is 9.84 Å². The van der Waals surface area contributed by atoms with Crippen molar-refractivity contribution in [2.24, 2.45) is 0 Å². The molecule has 1 aliphatic heterocycles. The highest BCUT2D eigenvalue weighted by Crippen LogP contribution is 2.30. The second-order valence-electron chi connectivity index (χ2n) is 7.26. The number of halogens is 2. The Morgan fingerprint density at radius 2 is 2.00 bits per heavy atom. The average molecular weight is 397 g/mol. The quantitative estimate of drug-likeness (QED) is 0.655. The molecule has 0 aromatic heterocycles. The number of ether oxygens (including phenoxy) is 1. The Hall–Kier alpha value is -2.26. The van der Waals surface area contributed by atoms with Crippen LogP contribution in [0, 0.1) is 11.6 Å². The van der Waals surface area contributed by atoms with Crippen LogP contribution in [0.4, 0.5) is 13.6 Å². The molecule has 3 N–H and O–H groups in total. The molecule has 1 saturated heterocycles. The highest BCUT2D eigenvalue weighted by molar-refractivity contribution is 5.75. The van der Waals surface area contributed by atoms with Gasteiger partial charge in [-0.2, -0.15) is 0 Å². The van der Waals surface area contributed by atoms with Crippen LogP contribution in [-0.2, 0) is 9.53 Å². The first-order chi connectivity index (χ1) is 13.4. The fraction of sp³-hybridized carbons (Fsp3) is 0.579. The lowest BCUT2D eigenvalue weighted by Gasteiger charge is -2.42. The van der Waals surface area contributed by atoms with Crippen molar-refractivity contribution in [1.29, 1.82) is 0 Å². The van der Waals surface area contributed by atoms with Gasteiger partial charge in [-0.15, -0.1) is 0 Å². The second-order valence-corrected chi connectivity index (χ2v) is 7.26. The number of carbonyl (C=O) groups excluding carboxylic acids is 1. The summed E-state index contributed by atoms with van der Waals surface area (Å²) in [7, 11) is 0. The Morgan fingerprint density at radius 3 is 2.64 bits per heavy atom. The van der Waals surface area contributed by atoms with Crippen LogP contribution >= 0.6 is 0 Å². The van der Waals surface area contributed by atoms with Gasteiger partial charge < -0.3 is 20.5 Å². The number of benzene rings is 1. The second kappa shape index (κ2) is 8.83. The van der Waals surface area contributed by atoms with Crippen molar-refractivity contribution >= 4 is 12.0 Å². The van der Waals surface area contributed by atoms with Gasteiger partial charge in [-0.3, -0.25) is 9.69 Å².